The van der Waals surface area contributed by atoms with Crippen molar-refractivity contribution >= 4 is 12.0 Å². The van der Waals surface area contributed by atoms with Crippen LogP contribution in [0.4, 0.5) is 0 Å². The molecule has 3 rings (SSSR count). The molecule has 1 amide bonds. The SMILES string of the molecule is COc1cccc(C(NC(=O)/C=C/c2cc(C)ccc2OC)c2nccn2C)c1. The van der Waals surface area contributed by atoms with E-state index in [0.29, 0.717) is 5.75 Å². The smallest absolute Gasteiger partial charge is 0.244 e. The van der Waals surface area contributed by atoms with E-state index < -0.39 is 6.04 Å². The number of aromatic nitrogens is 2. The molecule has 0 saturated heterocycles. The van der Waals surface area contributed by atoms with E-state index in [1.165, 1.54) is 6.08 Å². The molecule has 0 spiro atoms. The third-order valence-corrected chi connectivity index (χ3v) is 4.63. The second-order valence-corrected chi connectivity index (χ2v) is 6.69. The fraction of sp³-hybridized carbons (Fsp3) is 0.217. The van der Waals surface area contributed by atoms with E-state index in [0.717, 1.165) is 28.3 Å². The molecule has 6 heteroatoms. The number of aryl methyl sites for hydroxylation is 2. The van der Waals surface area contributed by atoms with Gasteiger partial charge in [0.25, 0.3) is 0 Å². The van der Waals surface area contributed by atoms with E-state index in [4.69, 9.17) is 9.47 Å². The topological polar surface area (TPSA) is 65.4 Å². The summed E-state index contributed by atoms with van der Waals surface area (Å²) in [5.74, 6) is 1.93. The van der Waals surface area contributed by atoms with Crippen LogP contribution in [-0.4, -0.2) is 29.7 Å². The molecule has 0 fully saturated rings. The van der Waals surface area contributed by atoms with Crippen LogP contribution >= 0.6 is 0 Å². The van der Waals surface area contributed by atoms with Crippen LogP contribution in [0.25, 0.3) is 6.08 Å². The highest BCUT2D eigenvalue weighted by Crippen LogP contribution is 2.25. The molecule has 0 radical (unpaired) electrons. The molecule has 6 nitrogen and oxygen atoms in total. The molecule has 2 aromatic carbocycles. The van der Waals surface area contributed by atoms with Gasteiger partial charge in [-0.05, 0) is 42.8 Å². The molecule has 1 aromatic heterocycles. The lowest BCUT2D eigenvalue weighted by molar-refractivity contribution is -0.117. The van der Waals surface area contributed by atoms with E-state index in [1.807, 2.05) is 67.2 Å². The third kappa shape index (κ3) is 4.85. The number of benzene rings is 2. The Bertz CT molecular complexity index is 1020. The maximum absolute atomic E-state index is 12.7. The van der Waals surface area contributed by atoms with Gasteiger partial charge in [-0.1, -0.05) is 23.8 Å². The van der Waals surface area contributed by atoms with Gasteiger partial charge in [-0.25, -0.2) is 4.98 Å². The average Bonchev–Trinajstić information content (AvgIpc) is 3.16. The first-order valence-electron chi connectivity index (χ1n) is 9.26. The summed E-state index contributed by atoms with van der Waals surface area (Å²) in [7, 11) is 5.13. The van der Waals surface area contributed by atoms with Crippen LogP contribution in [0.1, 0.15) is 28.6 Å². The largest absolute Gasteiger partial charge is 0.497 e. The number of hydrogen-bond acceptors (Lipinski definition) is 4. The third-order valence-electron chi connectivity index (χ3n) is 4.63. The lowest BCUT2D eigenvalue weighted by Gasteiger charge is -2.19. The van der Waals surface area contributed by atoms with Crippen molar-refractivity contribution in [3.8, 4) is 11.5 Å². The van der Waals surface area contributed by atoms with Gasteiger partial charge in [0, 0.05) is 31.1 Å². The van der Waals surface area contributed by atoms with Gasteiger partial charge in [-0.15, -0.1) is 0 Å². The zero-order chi connectivity index (χ0) is 20.8. The molecule has 1 atom stereocenters. The first-order chi connectivity index (χ1) is 14.0. The van der Waals surface area contributed by atoms with Crippen LogP contribution in [0.3, 0.4) is 0 Å². The van der Waals surface area contributed by atoms with Crippen LogP contribution in [0.15, 0.2) is 60.9 Å². The van der Waals surface area contributed by atoms with Crippen LogP contribution in [0, 0.1) is 6.92 Å². The molecule has 0 bridgehead atoms. The van der Waals surface area contributed by atoms with Crippen molar-refractivity contribution in [2.45, 2.75) is 13.0 Å². The van der Waals surface area contributed by atoms with Crippen LogP contribution in [-0.2, 0) is 11.8 Å². The number of carbonyl (C=O) groups excluding carboxylic acids is 1. The van der Waals surface area contributed by atoms with E-state index >= 15 is 0 Å². The van der Waals surface area contributed by atoms with Gasteiger partial charge in [0.15, 0.2) is 0 Å². The number of amides is 1. The second-order valence-electron chi connectivity index (χ2n) is 6.69. The highest BCUT2D eigenvalue weighted by Gasteiger charge is 2.20. The number of carbonyl (C=O) groups is 1. The highest BCUT2D eigenvalue weighted by molar-refractivity contribution is 5.92. The zero-order valence-electron chi connectivity index (χ0n) is 17.0. The Morgan fingerprint density at radius 1 is 1.17 bits per heavy atom. The molecule has 0 saturated carbocycles. The standard InChI is InChI=1S/C23H25N3O3/c1-16-8-10-20(29-4)17(14-16)9-11-21(27)25-22(23-24-12-13-26(23)2)18-6-5-7-19(15-18)28-3/h5-15,22H,1-4H3,(H,25,27)/b11-9+. The number of methoxy groups -OCH3 is 2. The number of rotatable bonds is 7. The minimum absolute atomic E-state index is 0.232. The molecule has 0 aliphatic carbocycles. The number of nitrogens with one attached hydrogen (secondary N) is 1. The summed E-state index contributed by atoms with van der Waals surface area (Å²) in [6.07, 6.45) is 6.82. The van der Waals surface area contributed by atoms with Gasteiger partial charge in [-0.3, -0.25) is 4.79 Å². The Kier molecular flexibility index (Phi) is 6.34. The average molecular weight is 391 g/mol. The minimum Gasteiger partial charge on any atom is -0.497 e. The number of hydrogen-bond donors (Lipinski definition) is 1. The molecular weight excluding hydrogens is 366 g/mol. The van der Waals surface area contributed by atoms with Gasteiger partial charge in [0.05, 0.1) is 14.2 Å². The quantitative estimate of drug-likeness (QED) is 0.624. The second kappa shape index (κ2) is 9.10. The molecular formula is C23H25N3O3. The molecule has 0 aliphatic heterocycles. The van der Waals surface area contributed by atoms with Crippen molar-refractivity contribution in [1.82, 2.24) is 14.9 Å². The first-order valence-corrected chi connectivity index (χ1v) is 9.26. The Morgan fingerprint density at radius 2 is 2.00 bits per heavy atom. The van der Waals surface area contributed by atoms with Gasteiger partial charge in [0.1, 0.15) is 23.4 Å². The van der Waals surface area contributed by atoms with Crippen LogP contribution in [0.2, 0.25) is 0 Å². The maximum atomic E-state index is 12.7. The van der Waals surface area contributed by atoms with Crippen LogP contribution < -0.4 is 14.8 Å². The van der Waals surface area contributed by atoms with E-state index in [-0.39, 0.29) is 5.91 Å². The van der Waals surface area contributed by atoms with E-state index in [9.17, 15) is 4.79 Å². The maximum Gasteiger partial charge on any atom is 0.244 e. The summed E-state index contributed by atoms with van der Waals surface area (Å²) in [6.45, 7) is 2.00. The minimum atomic E-state index is -0.415. The summed E-state index contributed by atoms with van der Waals surface area (Å²) < 4.78 is 12.6. The number of imidazole rings is 1. The molecule has 1 unspecified atom stereocenters. The predicted octanol–water partition coefficient (Wildman–Crippen LogP) is 3.66. The van der Waals surface area contributed by atoms with Crippen molar-refractivity contribution in [3.05, 3.63) is 83.4 Å². The van der Waals surface area contributed by atoms with Gasteiger partial charge in [0.2, 0.25) is 5.91 Å². The summed E-state index contributed by atoms with van der Waals surface area (Å²) in [6, 6.07) is 13.0. The predicted molar refractivity (Wildman–Crippen MR) is 113 cm³/mol. The molecule has 0 aliphatic rings. The van der Waals surface area contributed by atoms with Crippen molar-refractivity contribution in [2.24, 2.45) is 7.05 Å². The van der Waals surface area contributed by atoms with Gasteiger partial charge in [-0.2, -0.15) is 0 Å². The van der Waals surface area contributed by atoms with Crippen molar-refractivity contribution in [1.29, 1.82) is 0 Å². The fourth-order valence-corrected chi connectivity index (χ4v) is 3.11. The normalized spacial score (nSPS) is 12.0. The molecule has 1 heterocycles. The Morgan fingerprint density at radius 3 is 2.69 bits per heavy atom. The van der Waals surface area contributed by atoms with Crippen molar-refractivity contribution in [3.63, 3.8) is 0 Å². The van der Waals surface area contributed by atoms with E-state index in [2.05, 4.69) is 10.3 Å². The zero-order valence-corrected chi connectivity index (χ0v) is 17.0. The summed E-state index contributed by atoms with van der Waals surface area (Å²) in [5.41, 5.74) is 2.82. The summed E-state index contributed by atoms with van der Waals surface area (Å²) in [5, 5.41) is 3.04. The lowest BCUT2D eigenvalue weighted by Crippen LogP contribution is -2.29. The Hall–Kier alpha value is -3.54. The number of nitrogens with zero attached hydrogens (tertiary/aromatic N) is 2. The summed E-state index contributed by atoms with van der Waals surface area (Å²) in [4.78, 5) is 17.2. The molecule has 150 valence electrons. The number of ether oxygens (including phenoxy) is 2. The molecule has 29 heavy (non-hydrogen) atoms. The van der Waals surface area contributed by atoms with Gasteiger partial charge >= 0.3 is 0 Å². The van der Waals surface area contributed by atoms with E-state index in [1.54, 1.807) is 26.5 Å². The first kappa shape index (κ1) is 20.2. The lowest BCUT2D eigenvalue weighted by atomic mass is 10.1. The van der Waals surface area contributed by atoms with Crippen LogP contribution in [0.5, 0.6) is 11.5 Å². The fourth-order valence-electron chi connectivity index (χ4n) is 3.11. The monoisotopic (exact) mass is 391 g/mol. The van der Waals surface area contributed by atoms with Gasteiger partial charge < -0.3 is 19.4 Å². The van der Waals surface area contributed by atoms with Crippen molar-refractivity contribution in [2.75, 3.05) is 14.2 Å². The Labute approximate surface area is 170 Å². The Balaban J connectivity index is 1.87. The molecule has 1 N–H and O–H groups in total. The summed E-state index contributed by atoms with van der Waals surface area (Å²) >= 11 is 0. The van der Waals surface area contributed by atoms with Crippen molar-refractivity contribution < 1.29 is 14.3 Å². The highest BCUT2D eigenvalue weighted by atomic mass is 16.5. The molecule has 3 aromatic rings.